The molecule has 3 rings (SSSR count). The Morgan fingerprint density at radius 2 is 1.91 bits per heavy atom. The maximum atomic E-state index is 9.94. The molecule has 1 aliphatic heterocycles. The van der Waals surface area contributed by atoms with E-state index in [1.807, 2.05) is 30.3 Å². The highest BCUT2D eigenvalue weighted by atomic mass is 16.5. The zero-order valence-corrected chi connectivity index (χ0v) is 12.4. The minimum Gasteiger partial charge on any atom is -0.388 e. The summed E-state index contributed by atoms with van der Waals surface area (Å²) in [6.07, 6.45) is -2.97. The largest absolute Gasteiger partial charge is 0.388 e. The van der Waals surface area contributed by atoms with Crippen molar-refractivity contribution in [1.82, 2.24) is 15.0 Å². The first-order valence-corrected chi connectivity index (χ1v) is 7.33. The molecular formula is C15H19N3O5. The van der Waals surface area contributed by atoms with Gasteiger partial charge in [-0.3, -0.25) is 0 Å². The van der Waals surface area contributed by atoms with Crippen LogP contribution in [0.5, 0.6) is 0 Å². The lowest BCUT2D eigenvalue weighted by Gasteiger charge is -2.34. The quantitative estimate of drug-likeness (QED) is 0.688. The second-order valence-corrected chi connectivity index (χ2v) is 5.44. The highest BCUT2D eigenvalue weighted by Gasteiger charge is 2.39. The zero-order chi connectivity index (χ0) is 16.2. The van der Waals surface area contributed by atoms with Crippen molar-refractivity contribution in [3.05, 3.63) is 47.8 Å². The van der Waals surface area contributed by atoms with Gasteiger partial charge in [-0.15, -0.1) is 5.10 Å². The average Bonchev–Trinajstić information content (AvgIpc) is 3.02. The summed E-state index contributed by atoms with van der Waals surface area (Å²) in [7, 11) is 0. The topological polar surface area (TPSA) is 110 Å². The lowest BCUT2D eigenvalue weighted by atomic mass is 10.0. The van der Waals surface area contributed by atoms with Gasteiger partial charge < -0.3 is 24.8 Å². The maximum absolute atomic E-state index is 9.94. The van der Waals surface area contributed by atoms with Crippen LogP contribution < -0.4 is 0 Å². The molecule has 3 N–H and O–H groups in total. The Labute approximate surface area is 132 Å². The molecule has 0 bridgehead atoms. The molecule has 2 aromatic rings. The van der Waals surface area contributed by atoms with Crippen molar-refractivity contribution >= 4 is 0 Å². The summed E-state index contributed by atoms with van der Waals surface area (Å²) in [5, 5.41) is 36.9. The SMILES string of the molecule is O[C@@H]1[C@@H](O)[C@H](n2cc(COCc3ccccc3)nn2)OC[C@H]1O. The zero-order valence-electron chi connectivity index (χ0n) is 12.4. The Balaban J connectivity index is 1.56. The molecule has 8 nitrogen and oxygen atoms in total. The number of aromatic nitrogens is 3. The molecule has 4 atom stereocenters. The molecule has 2 heterocycles. The Hall–Kier alpha value is -1.84. The average molecular weight is 321 g/mol. The van der Waals surface area contributed by atoms with E-state index in [9.17, 15) is 15.3 Å². The predicted octanol–water partition coefficient (Wildman–Crippen LogP) is -0.394. The van der Waals surface area contributed by atoms with Crippen LogP contribution in [0, 0.1) is 0 Å². The number of aliphatic hydroxyl groups is 3. The van der Waals surface area contributed by atoms with Crippen LogP contribution in [0.1, 0.15) is 17.5 Å². The fraction of sp³-hybridized carbons (Fsp3) is 0.467. The normalized spacial score (nSPS) is 28.0. The number of hydrogen-bond donors (Lipinski definition) is 3. The van der Waals surface area contributed by atoms with Gasteiger partial charge in [0.2, 0.25) is 0 Å². The van der Waals surface area contributed by atoms with Crippen molar-refractivity contribution in [2.24, 2.45) is 0 Å². The molecule has 1 aromatic carbocycles. The molecule has 0 radical (unpaired) electrons. The van der Waals surface area contributed by atoms with E-state index in [1.165, 1.54) is 4.68 Å². The van der Waals surface area contributed by atoms with Gasteiger partial charge in [0, 0.05) is 0 Å². The van der Waals surface area contributed by atoms with Crippen LogP contribution in [-0.4, -0.2) is 55.2 Å². The van der Waals surface area contributed by atoms with E-state index in [0.29, 0.717) is 12.3 Å². The monoisotopic (exact) mass is 321 g/mol. The van der Waals surface area contributed by atoms with Gasteiger partial charge in [0.25, 0.3) is 0 Å². The van der Waals surface area contributed by atoms with Gasteiger partial charge in [-0.2, -0.15) is 0 Å². The summed E-state index contributed by atoms with van der Waals surface area (Å²) >= 11 is 0. The number of rotatable bonds is 5. The molecule has 0 unspecified atom stereocenters. The molecule has 0 saturated carbocycles. The lowest BCUT2D eigenvalue weighted by Crippen LogP contribution is -2.50. The number of ether oxygens (including phenoxy) is 2. The maximum Gasteiger partial charge on any atom is 0.180 e. The van der Waals surface area contributed by atoms with E-state index in [-0.39, 0.29) is 13.2 Å². The first-order chi connectivity index (χ1) is 11.1. The van der Waals surface area contributed by atoms with Gasteiger partial charge >= 0.3 is 0 Å². The van der Waals surface area contributed by atoms with Crippen LogP contribution in [-0.2, 0) is 22.7 Å². The fourth-order valence-corrected chi connectivity index (χ4v) is 2.38. The van der Waals surface area contributed by atoms with Crippen LogP contribution in [0.4, 0.5) is 0 Å². The third kappa shape index (κ3) is 3.74. The van der Waals surface area contributed by atoms with Crippen molar-refractivity contribution in [3.63, 3.8) is 0 Å². The Morgan fingerprint density at radius 1 is 1.13 bits per heavy atom. The molecule has 1 saturated heterocycles. The van der Waals surface area contributed by atoms with E-state index in [1.54, 1.807) is 6.20 Å². The van der Waals surface area contributed by atoms with E-state index in [0.717, 1.165) is 5.56 Å². The Morgan fingerprint density at radius 3 is 2.70 bits per heavy atom. The molecule has 1 aromatic heterocycles. The van der Waals surface area contributed by atoms with Gasteiger partial charge in [0.15, 0.2) is 6.23 Å². The summed E-state index contributed by atoms with van der Waals surface area (Å²) in [6, 6.07) is 9.76. The standard InChI is InChI=1S/C15H19N3O5/c19-12-9-23-15(14(21)13(12)20)18-6-11(16-17-18)8-22-7-10-4-2-1-3-5-10/h1-6,12-15,19-21H,7-9H2/t12-,13+,14-,15-/m1/s1. The third-order valence-corrected chi connectivity index (χ3v) is 3.65. The fourth-order valence-electron chi connectivity index (χ4n) is 2.38. The molecule has 8 heteroatoms. The van der Waals surface area contributed by atoms with Crippen LogP contribution in [0.2, 0.25) is 0 Å². The van der Waals surface area contributed by atoms with E-state index in [4.69, 9.17) is 9.47 Å². The van der Waals surface area contributed by atoms with E-state index in [2.05, 4.69) is 10.3 Å². The third-order valence-electron chi connectivity index (χ3n) is 3.65. The number of hydrogen-bond acceptors (Lipinski definition) is 7. The Bertz CT molecular complexity index is 621. The van der Waals surface area contributed by atoms with Crippen molar-refractivity contribution in [3.8, 4) is 0 Å². The molecule has 0 spiro atoms. The molecule has 23 heavy (non-hydrogen) atoms. The summed E-state index contributed by atoms with van der Waals surface area (Å²) in [5.41, 5.74) is 1.64. The minimum absolute atomic E-state index is 0.0808. The van der Waals surface area contributed by atoms with Gasteiger partial charge in [0.05, 0.1) is 26.0 Å². The van der Waals surface area contributed by atoms with E-state index < -0.39 is 24.5 Å². The summed E-state index contributed by atoms with van der Waals surface area (Å²) in [4.78, 5) is 0. The van der Waals surface area contributed by atoms with Crippen molar-refractivity contribution < 1.29 is 24.8 Å². The van der Waals surface area contributed by atoms with Crippen molar-refractivity contribution in [1.29, 1.82) is 0 Å². The smallest absolute Gasteiger partial charge is 0.180 e. The molecule has 0 amide bonds. The second-order valence-electron chi connectivity index (χ2n) is 5.44. The number of benzene rings is 1. The number of aliphatic hydroxyl groups excluding tert-OH is 3. The second kappa shape index (κ2) is 7.16. The molecule has 1 fully saturated rings. The van der Waals surface area contributed by atoms with Crippen LogP contribution in [0.15, 0.2) is 36.5 Å². The van der Waals surface area contributed by atoms with Crippen LogP contribution >= 0.6 is 0 Å². The van der Waals surface area contributed by atoms with Crippen molar-refractivity contribution in [2.75, 3.05) is 6.61 Å². The van der Waals surface area contributed by atoms with Crippen LogP contribution in [0.3, 0.4) is 0 Å². The first kappa shape index (κ1) is 16.0. The molecule has 0 aliphatic carbocycles. The highest BCUT2D eigenvalue weighted by Crippen LogP contribution is 2.23. The molecule has 124 valence electrons. The van der Waals surface area contributed by atoms with Gasteiger partial charge in [-0.1, -0.05) is 35.5 Å². The lowest BCUT2D eigenvalue weighted by molar-refractivity contribution is -0.214. The van der Waals surface area contributed by atoms with Gasteiger partial charge in [-0.05, 0) is 5.56 Å². The van der Waals surface area contributed by atoms with Gasteiger partial charge in [0.1, 0.15) is 24.0 Å². The summed E-state index contributed by atoms with van der Waals surface area (Å²) in [6.45, 7) is 0.645. The minimum atomic E-state index is -1.28. The number of nitrogens with zero attached hydrogens (tertiary/aromatic N) is 3. The van der Waals surface area contributed by atoms with E-state index >= 15 is 0 Å². The molecule has 1 aliphatic rings. The Kier molecular flexibility index (Phi) is 4.99. The molecular weight excluding hydrogens is 302 g/mol. The predicted molar refractivity (Wildman–Crippen MR) is 78.0 cm³/mol. The van der Waals surface area contributed by atoms with Crippen molar-refractivity contribution in [2.45, 2.75) is 37.8 Å². The van der Waals surface area contributed by atoms with Crippen LogP contribution in [0.25, 0.3) is 0 Å². The highest BCUT2D eigenvalue weighted by molar-refractivity contribution is 5.13. The van der Waals surface area contributed by atoms with Gasteiger partial charge in [-0.25, -0.2) is 4.68 Å². The summed E-state index contributed by atoms with van der Waals surface area (Å²) in [5.74, 6) is 0. The summed E-state index contributed by atoms with van der Waals surface area (Å²) < 4.78 is 12.2. The first-order valence-electron chi connectivity index (χ1n) is 7.33.